The molecule has 0 fully saturated rings. The van der Waals surface area contributed by atoms with Crippen LogP contribution in [0.4, 0.5) is 13.2 Å². The molecule has 0 aliphatic rings. The molecule has 0 aliphatic heterocycles. The average Bonchev–Trinajstić information content (AvgIpc) is 3.18. The van der Waals surface area contributed by atoms with Crippen molar-refractivity contribution in [1.29, 1.82) is 0 Å². The highest BCUT2D eigenvalue weighted by Gasteiger charge is 2.30. The first-order chi connectivity index (χ1) is 16.2. The second-order valence-corrected chi connectivity index (χ2v) is 7.59. The number of benzene rings is 2. The number of oxazole rings is 1. The van der Waals surface area contributed by atoms with Crippen LogP contribution in [0.25, 0.3) is 17.0 Å². The topological polar surface area (TPSA) is 61.6 Å². The van der Waals surface area contributed by atoms with Gasteiger partial charge in [-0.05, 0) is 67.8 Å². The zero-order valence-corrected chi connectivity index (χ0v) is 19.2. The molecule has 2 aromatic carbocycles. The van der Waals surface area contributed by atoms with E-state index in [1.807, 2.05) is 25.1 Å². The van der Waals surface area contributed by atoms with Crippen LogP contribution >= 0.6 is 0 Å². The maximum absolute atomic E-state index is 12.8. The Morgan fingerprint density at radius 2 is 1.85 bits per heavy atom. The molecule has 1 aromatic heterocycles. The molecule has 5 nitrogen and oxygen atoms in total. The van der Waals surface area contributed by atoms with Crippen LogP contribution in [0.15, 0.2) is 59.0 Å². The van der Waals surface area contributed by atoms with Crippen molar-refractivity contribution in [2.75, 3.05) is 6.61 Å². The van der Waals surface area contributed by atoms with Gasteiger partial charge in [0.05, 0.1) is 12.2 Å². The maximum atomic E-state index is 12.8. The van der Waals surface area contributed by atoms with Crippen molar-refractivity contribution in [3.63, 3.8) is 0 Å². The molecule has 34 heavy (non-hydrogen) atoms. The van der Waals surface area contributed by atoms with Gasteiger partial charge in [-0.15, -0.1) is 0 Å². The number of hydrogen-bond acceptors (Lipinski definition) is 5. The number of esters is 1. The van der Waals surface area contributed by atoms with Crippen molar-refractivity contribution < 1.29 is 31.9 Å². The third kappa shape index (κ3) is 6.50. The number of ether oxygens (including phenoxy) is 2. The van der Waals surface area contributed by atoms with Crippen LogP contribution in [0.5, 0.6) is 5.75 Å². The fourth-order valence-corrected chi connectivity index (χ4v) is 3.32. The van der Waals surface area contributed by atoms with E-state index in [2.05, 4.69) is 4.98 Å². The lowest BCUT2D eigenvalue weighted by atomic mass is 10.0. The molecule has 0 unspecified atom stereocenters. The Morgan fingerprint density at radius 3 is 2.50 bits per heavy atom. The lowest BCUT2D eigenvalue weighted by molar-refractivity contribution is -0.138. The molecule has 0 spiro atoms. The van der Waals surface area contributed by atoms with Crippen molar-refractivity contribution in [3.05, 3.63) is 77.2 Å². The van der Waals surface area contributed by atoms with E-state index in [1.54, 1.807) is 19.9 Å². The van der Waals surface area contributed by atoms with Gasteiger partial charge < -0.3 is 13.9 Å². The van der Waals surface area contributed by atoms with E-state index >= 15 is 0 Å². The Bertz CT molecular complexity index is 1150. The van der Waals surface area contributed by atoms with Crippen molar-refractivity contribution in [2.45, 2.75) is 46.4 Å². The molecule has 8 heteroatoms. The van der Waals surface area contributed by atoms with E-state index in [4.69, 9.17) is 13.9 Å². The van der Waals surface area contributed by atoms with E-state index in [0.29, 0.717) is 35.8 Å². The number of aryl methyl sites for hydroxylation is 1. The summed E-state index contributed by atoms with van der Waals surface area (Å²) in [6.45, 7) is 5.93. The molecule has 1 heterocycles. The third-order valence-corrected chi connectivity index (χ3v) is 5.03. The lowest BCUT2D eigenvalue weighted by Crippen LogP contribution is -2.04. The van der Waals surface area contributed by atoms with E-state index < -0.39 is 11.7 Å². The number of alkyl halides is 3. The van der Waals surface area contributed by atoms with Gasteiger partial charge in [-0.3, -0.25) is 0 Å². The van der Waals surface area contributed by atoms with Gasteiger partial charge in [0.25, 0.3) is 0 Å². The maximum Gasteiger partial charge on any atom is 0.416 e. The van der Waals surface area contributed by atoms with Gasteiger partial charge in [-0.1, -0.05) is 25.5 Å². The Morgan fingerprint density at radius 1 is 1.12 bits per heavy atom. The molecule has 3 rings (SSSR count). The number of carbonyl (C=O) groups excluding carboxylic acids is 1. The van der Waals surface area contributed by atoms with E-state index in [9.17, 15) is 18.0 Å². The SMILES string of the molecule is CCC/C(=C/C(=O)OCC)c1cccc(OCc2nc(-c3ccc(C(F)(F)F)cc3)oc2C)c1. The van der Waals surface area contributed by atoms with Crippen molar-refractivity contribution in [1.82, 2.24) is 4.98 Å². The number of carbonyl (C=O) groups is 1. The first-order valence-corrected chi connectivity index (χ1v) is 11.0. The monoisotopic (exact) mass is 473 g/mol. The molecule has 3 aromatic rings. The van der Waals surface area contributed by atoms with Gasteiger partial charge in [0.15, 0.2) is 0 Å². The summed E-state index contributed by atoms with van der Waals surface area (Å²) in [6, 6.07) is 12.0. The molecule has 0 radical (unpaired) electrons. The fraction of sp³-hybridized carbons (Fsp3) is 0.308. The van der Waals surface area contributed by atoms with Crippen LogP contribution in [-0.4, -0.2) is 17.6 Å². The molecule has 0 saturated carbocycles. The number of nitrogens with zero attached hydrogens (tertiary/aromatic N) is 1. The quantitative estimate of drug-likeness (QED) is 0.247. The first-order valence-electron chi connectivity index (χ1n) is 11.0. The summed E-state index contributed by atoms with van der Waals surface area (Å²) in [4.78, 5) is 16.3. The van der Waals surface area contributed by atoms with Crippen molar-refractivity contribution in [2.24, 2.45) is 0 Å². The smallest absolute Gasteiger partial charge is 0.416 e. The second kappa shape index (κ2) is 11.0. The number of allylic oxidation sites excluding steroid dienone is 1. The number of hydrogen-bond donors (Lipinski definition) is 0. The van der Waals surface area contributed by atoms with Gasteiger partial charge >= 0.3 is 12.1 Å². The Balaban J connectivity index is 1.74. The Kier molecular flexibility index (Phi) is 8.15. The molecule has 180 valence electrons. The van der Waals surface area contributed by atoms with Gasteiger partial charge in [0.1, 0.15) is 23.8 Å². The average molecular weight is 473 g/mol. The van der Waals surface area contributed by atoms with Crippen LogP contribution in [-0.2, 0) is 22.3 Å². The Labute approximate surface area is 196 Å². The summed E-state index contributed by atoms with van der Waals surface area (Å²) in [5.41, 5.74) is 1.96. The summed E-state index contributed by atoms with van der Waals surface area (Å²) in [5, 5.41) is 0. The second-order valence-electron chi connectivity index (χ2n) is 7.59. The van der Waals surface area contributed by atoms with Gasteiger partial charge in [-0.25, -0.2) is 9.78 Å². The van der Waals surface area contributed by atoms with Crippen LogP contribution in [0.2, 0.25) is 0 Å². The van der Waals surface area contributed by atoms with Gasteiger partial charge in [0, 0.05) is 11.6 Å². The minimum absolute atomic E-state index is 0.115. The highest BCUT2D eigenvalue weighted by atomic mass is 19.4. The molecular formula is C26H26F3NO4. The van der Waals surface area contributed by atoms with Crippen LogP contribution < -0.4 is 4.74 Å². The molecule has 0 N–H and O–H groups in total. The summed E-state index contributed by atoms with van der Waals surface area (Å²) in [7, 11) is 0. The minimum atomic E-state index is -4.40. The number of halogens is 3. The van der Waals surface area contributed by atoms with E-state index in [-0.39, 0.29) is 18.5 Å². The summed E-state index contributed by atoms with van der Waals surface area (Å²) in [6.07, 6.45) is -1.33. The predicted molar refractivity (Wildman–Crippen MR) is 122 cm³/mol. The number of aromatic nitrogens is 1. The standard InChI is InChI=1S/C26H26F3NO4/c1-4-7-19(15-24(31)32-5-2)20-8-6-9-22(14-20)33-16-23-17(3)34-25(30-23)18-10-12-21(13-11-18)26(27,28)29/h6,8-15H,4-5,7,16H2,1-3H3/b19-15-. The predicted octanol–water partition coefficient (Wildman–Crippen LogP) is 6.99. The molecular weight excluding hydrogens is 447 g/mol. The van der Waals surface area contributed by atoms with Crippen LogP contribution in [0.1, 0.15) is 49.3 Å². The molecule has 0 amide bonds. The van der Waals surface area contributed by atoms with Crippen molar-refractivity contribution in [3.8, 4) is 17.2 Å². The van der Waals surface area contributed by atoms with Crippen molar-refractivity contribution >= 4 is 11.5 Å². The minimum Gasteiger partial charge on any atom is -0.487 e. The summed E-state index contributed by atoms with van der Waals surface area (Å²) in [5.74, 6) is 0.939. The molecule has 0 bridgehead atoms. The molecule has 0 saturated heterocycles. The van der Waals surface area contributed by atoms with Gasteiger partial charge in [0.2, 0.25) is 5.89 Å². The first kappa shape index (κ1) is 25.1. The van der Waals surface area contributed by atoms with E-state index in [1.165, 1.54) is 18.2 Å². The summed E-state index contributed by atoms with van der Waals surface area (Å²) < 4.78 is 54.9. The van der Waals surface area contributed by atoms with Gasteiger partial charge in [-0.2, -0.15) is 13.2 Å². The number of rotatable bonds is 9. The Hall–Kier alpha value is -3.55. The highest BCUT2D eigenvalue weighted by Crippen LogP contribution is 2.31. The largest absolute Gasteiger partial charge is 0.487 e. The normalized spacial score (nSPS) is 12.0. The summed E-state index contributed by atoms with van der Waals surface area (Å²) >= 11 is 0. The zero-order chi connectivity index (χ0) is 24.7. The fourth-order valence-electron chi connectivity index (χ4n) is 3.32. The van der Waals surface area contributed by atoms with Crippen LogP contribution in [0, 0.1) is 6.92 Å². The highest BCUT2D eigenvalue weighted by molar-refractivity contribution is 5.91. The lowest BCUT2D eigenvalue weighted by Gasteiger charge is -2.10. The third-order valence-electron chi connectivity index (χ3n) is 5.03. The van der Waals surface area contributed by atoms with E-state index in [0.717, 1.165) is 29.7 Å². The zero-order valence-electron chi connectivity index (χ0n) is 19.2. The molecule has 0 aliphatic carbocycles. The molecule has 0 atom stereocenters. The van der Waals surface area contributed by atoms with Crippen LogP contribution in [0.3, 0.4) is 0 Å².